The van der Waals surface area contributed by atoms with E-state index in [4.69, 9.17) is 10.5 Å². The molecule has 0 bridgehead atoms. The minimum Gasteiger partial charge on any atom is -0.496 e. The second-order valence-electron chi connectivity index (χ2n) is 4.67. The van der Waals surface area contributed by atoms with Crippen LogP contribution in [0.25, 0.3) is 0 Å². The second-order valence-corrected chi connectivity index (χ2v) is 5.46. The average Bonchev–Trinajstić information content (AvgIpc) is 2.21. The molecule has 0 aliphatic heterocycles. The van der Waals surface area contributed by atoms with Crippen LogP contribution in [-0.2, 0) is 5.41 Å². The number of methoxy groups -OCH3 is 1. The molecule has 0 saturated heterocycles. The Balaban J connectivity index is 2.51. The standard InChI is InChI=1S/C13H18BrNO/c1-9-6-10(12(14)11(7-9)16-2)13(8-15)4-3-5-13/h6-7H,3-5,8,15H2,1-2H3. The van der Waals surface area contributed by atoms with Crippen molar-refractivity contribution in [2.45, 2.75) is 31.6 Å². The number of rotatable bonds is 3. The van der Waals surface area contributed by atoms with Gasteiger partial charge in [-0.2, -0.15) is 0 Å². The molecule has 0 amide bonds. The lowest BCUT2D eigenvalue weighted by molar-refractivity contribution is 0.250. The largest absolute Gasteiger partial charge is 0.496 e. The topological polar surface area (TPSA) is 35.2 Å². The molecule has 2 nitrogen and oxygen atoms in total. The van der Waals surface area contributed by atoms with Crippen molar-refractivity contribution in [3.05, 3.63) is 27.7 Å². The van der Waals surface area contributed by atoms with Gasteiger partial charge in [-0.3, -0.25) is 0 Å². The normalized spacial score (nSPS) is 18.0. The molecule has 0 spiro atoms. The van der Waals surface area contributed by atoms with Crippen molar-refractivity contribution in [3.63, 3.8) is 0 Å². The predicted molar refractivity (Wildman–Crippen MR) is 70.0 cm³/mol. The van der Waals surface area contributed by atoms with Crippen LogP contribution in [0, 0.1) is 6.92 Å². The van der Waals surface area contributed by atoms with Crippen LogP contribution in [0.1, 0.15) is 30.4 Å². The van der Waals surface area contributed by atoms with Crippen molar-refractivity contribution in [2.24, 2.45) is 5.73 Å². The van der Waals surface area contributed by atoms with Crippen molar-refractivity contribution < 1.29 is 4.74 Å². The molecule has 0 aromatic heterocycles. The Labute approximate surface area is 105 Å². The lowest BCUT2D eigenvalue weighted by Gasteiger charge is -2.42. The van der Waals surface area contributed by atoms with Crippen molar-refractivity contribution >= 4 is 15.9 Å². The molecule has 16 heavy (non-hydrogen) atoms. The summed E-state index contributed by atoms with van der Waals surface area (Å²) < 4.78 is 6.46. The zero-order valence-corrected chi connectivity index (χ0v) is 11.4. The summed E-state index contributed by atoms with van der Waals surface area (Å²) in [7, 11) is 1.71. The van der Waals surface area contributed by atoms with Crippen LogP contribution in [0.4, 0.5) is 0 Å². The van der Waals surface area contributed by atoms with Crippen LogP contribution in [0.5, 0.6) is 5.75 Å². The van der Waals surface area contributed by atoms with Crippen molar-refractivity contribution in [1.82, 2.24) is 0 Å². The van der Waals surface area contributed by atoms with Crippen molar-refractivity contribution in [1.29, 1.82) is 0 Å². The first-order valence-corrected chi connectivity index (χ1v) is 6.47. The van der Waals surface area contributed by atoms with Crippen LogP contribution in [-0.4, -0.2) is 13.7 Å². The molecule has 1 aromatic rings. The molecule has 0 heterocycles. The van der Waals surface area contributed by atoms with Gasteiger partial charge in [-0.15, -0.1) is 0 Å². The van der Waals surface area contributed by atoms with Crippen LogP contribution in [0.15, 0.2) is 16.6 Å². The van der Waals surface area contributed by atoms with Crippen LogP contribution in [0.2, 0.25) is 0 Å². The Morgan fingerprint density at radius 1 is 1.44 bits per heavy atom. The summed E-state index contributed by atoms with van der Waals surface area (Å²) in [5.41, 5.74) is 8.68. The van der Waals surface area contributed by atoms with Crippen LogP contribution >= 0.6 is 15.9 Å². The highest BCUT2D eigenvalue weighted by molar-refractivity contribution is 9.10. The molecule has 3 heteroatoms. The third-order valence-electron chi connectivity index (χ3n) is 3.68. The first-order valence-electron chi connectivity index (χ1n) is 5.67. The summed E-state index contributed by atoms with van der Waals surface area (Å²) in [6.45, 7) is 2.82. The van der Waals surface area contributed by atoms with E-state index < -0.39 is 0 Å². The zero-order chi connectivity index (χ0) is 11.8. The molecule has 1 aliphatic rings. The van der Waals surface area contributed by atoms with E-state index in [1.807, 2.05) is 0 Å². The van der Waals surface area contributed by atoms with E-state index in [-0.39, 0.29) is 5.41 Å². The van der Waals surface area contributed by atoms with E-state index in [0.29, 0.717) is 0 Å². The Bertz CT molecular complexity index is 394. The maximum absolute atomic E-state index is 5.95. The third kappa shape index (κ3) is 1.76. The molecular weight excluding hydrogens is 266 g/mol. The van der Waals surface area contributed by atoms with Gasteiger partial charge in [-0.25, -0.2) is 0 Å². The Morgan fingerprint density at radius 3 is 2.56 bits per heavy atom. The SMILES string of the molecule is COc1cc(C)cc(C2(CN)CCC2)c1Br. The number of halogens is 1. The van der Waals surface area contributed by atoms with E-state index >= 15 is 0 Å². The monoisotopic (exact) mass is 283 g/mol. The molecule has 1 aromatic carbocycles. The molecule has 1 aliphatic carbocycles. The first-order chi connectivity index (χ1) is 7.63. The van der Waals surface area contributed by atoms with Gasteiger partial charge >= 0.3 is 0 Å². The molecule has 2 N–H and O–H groups in total. The quantitative estimate of drug-likeness (QED) is 0.925. The zero-order valence-electron chi connectivity index (χ0n) is 9.85. The van der Waals surface area contributed by atoms with Gasteiger partial charge in [0.15, 0.2) is 0 Å². The first kappa shape index (κ1) is 11.9. The Morgan fingerprint density at radius 2 is 2.12 bits per heavy atom. The van der Waals surface area contributed by atoms with E-state index in [1.165, 1.54) is 30.4 Å². The van der Waals surface area contributed by atoms with E-state index in [9.17, 15) is 0 Å². The van der Waals surface area contributed by atoms with Gasteiger partial charge in [0, 0.05) is 12.0 Å². The molecule has 1 fully saturated rings. The summed E-state index contributed by atoms with van der Waals surface area (Å²) in [6.07, 6.45) is 3.66. The number of hydrogen-bond acceptors (Lipinski definition) is 2. The highest BCUT2D eigenvalue weighted by Crippen LogP contribution is 2.47. The molecular formula is C13H18BrNO. The highest BCUT2D eigenvalue weighted by atomic mass is 79.9. The maximum Gasteiger partial charge on any atom is 0.133 e. The van der Waals surface area contributed by atoms with Gasteiger partial charge in [-0.05, 0) is 52.9 Å². The summed E-state index contributed by atoms with van der Waals surface area (Å²) in [5, 5.41) is 0. The summed E-state index contributed by atoms with van der Waals surface area (Å²) in [4.78, 5) is 0. The van der Waals surface area contributed by atoms with Crippen LogP contribution < -0.4 is 10.5 Å². The average molecular weight is 284 g/mol. The maximum atomic E-state index is 5.95. The van der Waals surface area contributed by atoms with Gasteiger partial charge in [-0.1, -0.05) is 12.5 Å². The molecule has 1 saturated carbocycles. The molecule has 0 radical (unpaired) electrons. The molecule has 0 unspecified atom stereocenters. The summed E-state index contributed by atoms with van der Waals surface area (Å²) >= 11 is 3.65. The van der Waals surface area contributed by atoms with E-state index in [1.54, 1.807) is 7.11 Å². The van der Waals surface area contributed by atoms with Gasteiger partial charge in [0.2, 0.25) is 0 Å². The number of hydrogen-bond donors (Lipinski definition) is 1. The number of ether oxygens (including phenoxy) is 1. The second kappa shape index (κ2) is 4.38. The summed E-state index contributed by atoms with van der Waals surface area (Å²) in [6, 6.07) is 4.29. The minimum atomic E-state index is 0.179. The third-order valence-corrected chi connectivity index (χ3v) is 4.49. The smallest absolute Gasteiger partial charge is 0.133 e. The molecule has 2 rings (SSSR count). The molecule has 88 valence electrons. The summed E-state index contributed by atoms with van der Waals surface area (Å²) in [5.74, 6) is 0.912. The van der Waals surface area contributed by atoms with Gasteiger partial charge in [0.05, 0.1) is 11.6 Å². The number of aryl methyl sites for hydroxylation is 1. The predicted octanol–water partition coefficient (Wildman–Crippen LogP) is 3.15. The van der Waals surface area contributed by atoms with Gasteiger partial charge < -0.3 is 10.5 Å². The van der Waals surface area contributed by atoms with Gasteiger partial charge in [0.25, 0.3) is 0 Å². The number of benzene rings is 1. The fourth-order valence-corrected chi connectivity index (χ4v) is 3.27. The Hall–Kier alpha value is -0.540. The number of nitrogens with two attached hydrogens (primary N) is 1. The van der Waals surface area contributed by atoms with Crippen molar-refractivity contribution in [2.75, 3.05) is 13.7 Å². The van der Waals surface area contributed by atoms with Crippen LogP contribution in [0.3, 0.4) is 0 Å². The lowest BCUT2D eigenvalue weighted by atomic mass is 9.64. The van der Waals surface area contributed by atoms with E-state index in [2.05, 4.69) is 35.0 Å². The lowest BCUT2D eigenvalue weighted by Crippen LogP contribution is -2.41. The minimum absolute atomic E-state index is 0.179. The fourth-order valence-electron chi connectivity index (χ4n) is 2.46. The molecule has 0 atom stereocenters. The highest BCUT2D eigenvalue weighted by Gasteiger charge is 2.39. The van der Waals surface area contributed by atoms with E-state index in [0.717, 1.165) is 16.8 Å². The van der Waals surface area contributed by atoms with Gasteiger partial charge in [0.1, 0.15) is 5.75 Å². The fraction of sp³-hybridized carbons (Fsp3) is 0.538. The van der Waals surface area contributed by atoms with Crippen molar-refractivity contribution in [3.8, 4) is 5.75 Å². The Kier molecular flexibility index (Phi) is 3.27.